The Kier molecular flexibility index (Phi) is 15.5. The number of para-hydroxylation sites is 5. The van der Waals surface area contributed by atoms with Gasteiger partial charge in [-0.05, 0) is 199 Å². The Morgan fingerprint density at radius 3 is 1.06 bits per heavy atom. The molecule has 8 nitrogen and oxygen atoms in total. The third-order valence-electron chi connectivity index (χ3n) is 26.0. The van der Waals surface area contributed by atoms with Gasteiger partial charge in [0.25, 0.3) is 0 Å². The molecule has 2 spiro atoms. The van der Waals surface area contributed by atoms with Gasteiger partial charge in [-0.1, -0.05) is 291 Å². The van der Waals surface area contributed by atoms with Crippen LogP contribution in [0.25, 0.3) is 171 Å². The minimum atomic E-state index is -0.586. The van der Waals surface area contributed by atoms with Gasteiger partial charge in [0.15, 0.2) is 0 Å². The molecule has 18 aromatic carbocycles. The van der Waals surface area contributed by atoms with Crippen molar-refractivity contribution in [1.29, 1.82) is 5.26 Å². The van der Waals surface area contributed by atoms with Crippen LogP contribution in [0.2, 0.25) is 0 Å². The van der Waals surface area contributed by atoms with Crippen LogP contribution in [0, 0.1) is 11.3 Å². The van der Waals surface area contributed by atoms with Crippen LogP contribution in [0.1, 0.15) is 50.1 Å². The number of nitrogens with zero attached hydrogens (tertiary/aromatic N) is 6. The van der Waals surface area contributed by atoms with E-state index in [2.05, 4.69) is 399 Å². The number of hydrogen-bond donors (Lipinski definition) is 0. The SMILES string of the molecule is N#Cc1ccc2c(c1)c1ccccc1n2-c1ccc(-c2ccc3nc(-c4ccccc4)c4cc5c(cc4c3c2)C2(c3ccccc3Oc3ccccc32)c2ccccc2-5)cc1.c1ccc(-c2nc3ccc(-c4ccc5nc(-c6ccccc6)c6cc7c(cc6c5c4)C4(c5ccccc5Oc5ccccc54)c4ccccc4-7)cc3nc2-c2ccccc2)cc1. The largest absolute Gasteiger partial charge is 0.457 e. The van der Waals surface area contributed by atoms with Gasteiger partial charge in [-0.2, -0.15) is 5.26 Å². The normalized spacial score (nSPS) is 13.1. The lowest BCUT2D eigenvalue weighted by Crippen LogP contribution is -2.32. The van der Waals surface area contributed by atoms with Gasteiger partial charge in [-0.15, -0.1) is 0 Å². The van der Waals surface area contributed by atoms with Crippen LogP contribution in [0.15, 0.2) is 413 Å². The smallest absolute Gasteiger partial charge is 0.132 e. The maximum atomic E-state index is 9.66. The first-order valence-electron chi connectivity index (χ1n) is 41.8. The second-order valence-electron chi connectivity index (χ2n) is 32.4. The van der Waals surface area contributed by atoms with Crippen molar-refractivity contribution in [2.45, 2.75) is 10.8 Å². The second kappa shape index (κ2) is 27.3. The van der Waals surface area contributed by atoms with E-state index < -0.39 is 10.8 Å². The highest BCUT2D eigenvalue weighted by atomic mass is 16.5. The van der Waals surface area contributed by atoms with Gasteiger partial charge in [0.1, 0.15) is 23.0 Å². The van der Waals surface area contributed by atoms with Crippen LogP contribution in [0.3, 0.4) is 0 Å². The van der Waals surface area contributed by atoms with Crippen LogP contribution in [-0.4, -0.2) is 24.5 Å². The number of pyridine rings is 2. The summed E-state index contributed by atoms with van der Waals surface area (Å²) in [7, 11) is 0. The zero-order chi connectivity index (χ0) is 81.0. The average molecular weight is 1570 g/mol. The molecule has 0 amide bonds. The fraction of sp³-hybridized carbons (Fsp3) is 0.0174. The number of hydrogen-bond acceptors (Lipinski definition) is 7. The lowest BCUT2D eigenvalue weighted by atomic mass is 9.66. The third-order valence-corrected chi connectivity index (χ3v) is 26.0. The molecule has 0 radical (unpaired) electrons. The summed E-state index contributed by atoms with van der Waals surface area (Å²) in [4.78, 5) is 21.5. The van der Waals surface area contributed by atoms with Gasteiger partial charge in [-0.3, -0.25) is 0 Å². The molecule has 0 atom stereocenters. The first kappa shape index (κ1) is 69.6. The summed E-state index contributed by atoms with van der Waals surface area (Å²) in [5.41, 5.74) is 33.2. The summed E-state index contributed by atoms with van der Waals surface area (Å²) < 4.78 is 15.6. The van der Waals surface area contributed by atoms with Crippen molar-refractivity contribution in [1.82, 2.24) is 24.5 Å². The minimum absolute atomic E-state index is 0.579. The highest BCUT2D eigenvalue weighted by Crippen LogP contribution is 2.65. The molecule has 2 aliphatic carbocycles. The van der Waals surface area contributed by atoms with Crippen molar-refractivity contribution in [3.63, 3.8) is 0 Å². The summed E-state index contributed by atoms with van der Waals surface area (Å²) in [5, 5.41) is 18.6. The van der Waals surface area contributed by atoms with E-state index in [0.717, 1.165) is 194 Å². The zero-order valence-electron chi connectivity index (χ0n) is 66.3. The molecule has 26 rings (SSSR count). The molecule has 123 heavy (non-hydrogen) atoms. The highest BCUT2D eigenvalue weighted by molar-refractivity contribution is 6.17. The van der Waals surface area contributed by atoms with E-state index in [9.17, 15) is 5.26 Å². The molecule has 570 valence electrons. The van der Waals surface area contributed by atoms with Crippen LogP contribution in [0.4, 0.5) is 0 Å². The predicted octanol–water partition coefficient (Wildman–Crippen LogP) is 28.6. The molecule has 8 heteroatoms. The predicted molar refractivity (Wildman–Crippen MR) is 498 cm³/mol. The average Bonchev–Trinajstić information content (AvgIpc) is 1.52. The van der Waals surface area contributed by atoms with E-state index in [4.69, 9.17) is 29.4 Å². The Balaban J connectivity index is 0.000000135. The van der Waals surface area contributed by atoms with Crippen molar-refractivity contribution in [3.8, 4) is 124 Å². The first-order valence-corrected chi connectivity index (χ1v) is 41.8. The molecule has 0 saturated heterocycles. The lowest BCUT2D eigenvalue weighted by molar-refractivity contribution is 0.436. The van der Waals surface area contributed by atoms with E-state index in [1.165, 1.54) is 44.5 Å². The van der Waals surface area contributed by atoms with Crippen LogP contribution < -0.4 is 9.47 Å². The molecule has 6 heterocycles. The first-order chi connectivity index (χ1) is 60.9. The summed E-state index contributed by atoms with van der Waals surface area (Å²) in [6.07, 6.45) is 0. The fourth-order valence-electron chi connectivity index (χ4n) is 20.6. The Hall–Kier alpha value is -16.5. The van der Waals surface area contributed by atoms with Crippen molar-refractivity contribution in [2.24, 2.45) is 0 Å². The highest BCUT2D eigenvalue weighted by Gasteiger charge is 2.53. The molecule has 0 bridgehead atoms. The second-order valence-corrected chi connectivity index (χ2v) is 32.4. The van der Waals surface area contributed by atoms with Crippen LogP contribution >= 0.6 is 0 Å². The lowest BCUT2D eigenvalue weighted by Gasteiger charge is -2.39. The van der Waals surface area contributed by atoms with Crippen molar-refractivity contribution in [2.75, 3.05) is 0 Å². The number of fused-ring (bicyclic) bond motifs is 28. The number of benzene rings is 18. The van der Waals surface area contributed by atoms with Gasteiger partial charge in [0, 0.05) is 82.5 Å². The summed E-state index contributed by atoms with van der Waals surface area (Å²) in [6.45, 7) is 0. The standard InChI is InChI=1S/C58H35N3O.C57H33N3O/c1-4-16-36(17-5-1)55-45-34-43-41-22-10-11-23-46(41)58(47-24-12-14-26-53(47)62-54-27-15-13-25-48(54)58)49(43)35-42(45)44-32-39(28-30-50(44)59-55)40-29-31-51-52(33-40)61-57(38-20-8-3-9-21-38)56(60-51)37-18-6-2-7-19-37;58-34-35-22-29-53-45(30-35)41-15-5-9-19-52(41)60(53)39-26-23-36(24-27-39)38-25-28-51-44(31-38)42-33-50-43(32-46(42)56(59-51)37-12-2-1-3-13-37)40-14-4-6-16-47(40)57(50)48-17-7-10-20-54(48)61-55-21-11-8-18-49(55)57/h1-35H;1-33H. The van der Waals surface area contributed by atoms with Crippen LogP contribution in [0.5, 0.6) is 23.0 Å². The van der Waals surface area contributed by atoms with Gasteiger partial charge in [0.2, 0.25) is 0 Å². The Morgan fingerprint density at radius 1 is 0.220 bits per heavy atom. The topological polar surface area (TPSA) is 98.7 Å². The van der Waals surface area contributed by atoms with Gasteiger partial charge >= 0.3 is 0 Å². The molecule has 4 aliphatic rings. The van der Waals surface area contributed by atoms with E-state index in [0.29, 0.717) is 5.56 Å². The molecule has 4 aromatic heterocycles. The van der Waals surface area contributed by atoms with Crippen molar-refractivity contribution in [3.05, 3.63) is 463 Å². The van der Waals surface area contributed by atoms with E-state index in [-0.39, 0.29) is 0 Å². The zero-order valence-corrected chi connectivity index (χ0v) is 66.3. The van der Waals surface area contributed by atoms with Gasteiger partial charge in [0.05, 0.1) is 78.3 Å². The molecule has 0 fully saturated rings. The molecule has 2 aliphatic heterocycles. The van der Waals surface area contributed by atoms with Gasteiger partial charge < -0.3 is 14.0 Å². The number of rotatable bonds is 7. The maximum Gasteiger partial charge on any atom is 0.132 e. The molecule has 22 aromatic rings. The molecule has 0 saturated carbocycles. The molecule has 0 unspecified atom stereocenters. The monoisotopic (exact) mass is 1560 g/mol. The fourth-order valence-corrected chi connectivity index (χ4v) is 20.6. The van der Waals surface area contributed by atoms with Crippen LogP contribution in [-0.2, 0) is 10.8 Å². The summed E-state index contributed by atoms with van der Waals surface area (Å²) >= 11 is 0. The Morgan fingerprint density at radius 2 is 0.585 bits per heavy atom. The number of nitriles is 1. The third kappa shape index (κ3) is 10.5. The molecular formula is C115H68N6O2. The Labute approximate surface area is 708 Å². The molecule has 0 N–H and O–H groups in total. The van der Waals surface area contributed by atoms with E-state index in [1.54, 1.807) is 0 Å². The minimum Gasteiger partial charge on any atom is -0.457 e. The summed E-state index contributed by atoms with van der Waals surface area (Å²) in [6, 6.07) is 149. The van der Waals surface area contributed by atoms with Crippen molar-refractivity contribution >= 4 is 76.2 Å². The van der Waals surface area contributed by atoms with Crippen molar-refractivity contribution < 1.29 is 9.47 Å². The van der Waals surface area contributed by atoms with Gasteiger partial charge in [-0.25, -0.2) is 19.9 Å². The Bertz CT molecular complexity index is 8170. The molecular weight excluding hydrogens is 1500 g/mol. The number of ether oxygens (including phenoxy) is 2. The maximum absolute atomic E-state index is 9.66. The quantitative estimate of drug-likeness (QED) is 0.147. The number of aromatic nitrogens is 5. The van der Waals surface area contributed by atoms with E-state index in [1.807, 2.05) is 24.3 Å². The summed E-state index contributed by atoms with van der Waals surface area (Å²) in [5.74, 6) is 3.53. The van der Waals surface area contributed by atoms with E-state index >= 15 is 0 Å².